The summed E-state index contributed by atoms with van der Waals surface area (Å²) >= 11 is 11.2. The molecule has 0 amide bonds. The molecular weight excluding hydrogens is 287 g/mol. The van der Waals surface area contributed by atoms with E-state index < -0.39 is 0 Å². The third-order valence-corrected chi connectivity index (χ3v) is 2.59. The lowest BCUT2D eigenvalue weighted by atomic mass is 10.2. The van der Waals surface area contributed by atoms with Gasteiger partial charge >= 0.3 is 0 Å². The third-order valence-electron chi connectivity index (χ3n) is 1.87. The van der Waals surface area contributed by atoms with Crippen molar-refractivity contribution in [3.63, 3.8) is 0 Å². The maximum Gasteiger partial charge on any atom is 0.0435 e. The Morgan fingerprint density at radius 1 is 1.10 bits per heavy atom. The Kier molecular flexibility index (Phi) is 21.7. The highest BCUT2D eigenvalue weighted by molar-refractivity contribution is 6.31. The quantitative estimate of drug-likeness (QED) is 0.494. The molecule has 0 aliphatic carbocycles. The van der Waals surface area contributed by atoms with E-state index >= 15 is 0 Å². The van der Waals surface area contributed by atoms with Crippen molar-refractivity contribution in [3.8, 4) is 0 Å². The van der Waals surface area contributed by atoms with E-state index in [0.717, 1.165) is 16.2 Å². The molecule has 0 fully saturated rings. The average Bonchev–Trinajstić information content (AvgIpc) is 2.47. The second-order valence-corrected chi connectivity index (χ2v) is 4.10. The van der Waals surface area contributed by atoms with Crippen molar-refractivity contribution in [3.05, 3.63) is 70.8 Å². The number of aryl methyl sites for hydroxylation is 1. The minimum absolute atomic E-state index is 0.574. The third kappa shape index (κ3) is 15.1. The fraction of sp³-hybridized carbons (Fsp3) is 0.333. The van der Waals surface area contributed by atoms with Crippen LogP contribution in [0.2, 0.25) is 5.02 Å². The number of hydrogen-bond donors (Lipinski definition) is 0. The fourth-order valence-corrected chi connectivity index (χ4v) is 1.02. The molecule has 0 aromatic heterocycles. The molecule has 0 aliphatic heterocycles. The summed E-state index contributed by atoms with van der Waals surface area (Å²) in [5, 5.41) is 1.41. The standard InChI is InChI=1S/C7H7Cl.C7H9Cl.2C2H6/c1-6-4-2-3-5-7(6)8;1-4-5-6(2)7(3)8;2*1-2/h2-5H,1H3;4-5H,1,3H2,2H3;2*1-2H3/b;6-5-;;. The van der Waals surface area contributed by atoms with E-state index in [1.165, 1.54) is 0 Å². The monoisotopic (exact) mass is 314 g/mol. The smallest absolute Gasteiger partial charge is 0.0435 e. The van der Waals surface area contributed by atoms with Crippen LogP contribution < -0.4 is 0 Å². The van der Waals surface area contributed by atoms with Crippen molar-refractivity contribution in [2.75, 3.05) is 0 Å². The Labute approximate surface area is 135 Å². The SMILES string of the molecule is C=C/C=C(/C)C(=C)Cl.CC.CC.Cc1ccccc1Cl. The first-order valence-corrected chi connectivity index (χ1v) is 7.60. The van der Waals surface area contributed by atoms with Crippen LogP contribution in [0.1, 0.15) is 40.2 Å². The van der Waals surface area contributed by atoms with Gasteiger partial charge in [0.25, 0.3) is 0 Å². The number of allylic oxidation sites excluding steroid dienone is 4. The number of hydrogen-bond acceptors (Lipinski definition) is 0. The molecule has 0 N–H and O–H groups in total. The second-order valence-electron chi connectivity index (χ2n) is 3.24. The zero-order valence-electron chi connectivity index (χ0n) is 13.6. The van der Waals surface area contributed by atoms with Gasteiger partial charge in [-0.3, -0.25) is 0 Å². The predicted octanol–water partition coefficient (Wildman–Crippen LogP) is 7.57. The van der Waals surface area contributed by atoms with Gasteiger partial charge in [0.15, 0.2) is 0 Å². The van der Waals surface area contributed by atoms with Crippen LogP contribution in [0, 0.1) is 6.92 Å². The number of rotatable bonds is 2. The van der Waals surface area contributed by atoms with Gasteiger partial charge in [0.1, 0.15) is 0 Å². The lowest BCUT2D eigenvalue weighted by molar-refractivity contribution is 1.47. The Morgan fingerprint density at radius 3 is 1.75 bits per heavy atom. The maximum absolute atomic E-state index is 5.71. The summed E-state index contributed by atoms with van der Waals surface area (Å²) in [6.45, 7) is 18.9. The minimum Gasteiger partial charge on any atom is -0.0991 e. The molecule has 20 heavy (non-hydrogen) atoms. The lowest BCUT2D eigenvalue weighted by Crippen LogP contribution is -1.68. The zero-order valence-corrected chi connectivity index (χ0v) is 15.1. The number of benzene rings is 1. The summed E-state index contributed by atoms with van der Waals surface area (Å²) in [5.74, 6) is 0. The summed E-state index contributed by atoms with van der Waals surface area (Å²) in [7, 11) is 0. The van der Waals surface area contributed by atoms with E-state index in [9.17, 15) is 0 Å². The van der Waals surface area contributed by atoms with Gasteiger partial charge in [0, 0.05) is 10.1 Å². The molecule has 0 saturated carbocycles. The van der Waals surface area contributed by atoms with Gasteiger partial charge < -0.3 is 0 Å². The maximum atomic E-state index is 5.71. The van der Waals surface area contributed by atoms with Crippen LogP contribution in [-0.4, -0.2) is 0 Å². The first-order chi connectivity index (χ1) is 9.49. The van der Waals surface area contributed by atoms with Crippen LogP contribution in [-0.2, 0) is 0 Å². The largest absolute Gasteiger partial charge is 0.0991 e. The van der Waals surface area contributed by atoms with Gasteiger partial charge in [-0.05, 0) is 31.1 Å². The molecule has 1 aromatic rings. The van der Waals surface area contributed by atoms with Crippen LogP contribution in [0.3, 0.4) is 0 Å². The Bertz CT molecular complexity index is 369. The summed E-state index contributed by atoms with van der Waals surface area (Å²) in [4.78, 5) is 0. The van der Waals surface area contributed by atoms with E-state index in [1.54, 1.807) is 6.08 Å². The van der Waals surface area contributed by atoms with Crippen molar-refractivity contribution >= 4 is 23.2 Å². The van der Waals surface area contributed by atoms with Gasteiger partial charge in [0.05, 0.1) is 0 Å². The molecule has 0 spiro atoms. The fourth-order valence-electron chi connectivity index (χ4n) is 0.818. The van der Waals surface area contributed by atoms with Crippen LogP contribution in [0.5, 0.6) is 0 Å². The normalized spacial score (nSPS) is 8.70. The molecule has 0 unspecified atom stereocenters. The highest BCUT2D eigenvalue weighted by Gasteiger charge is 1.86. The molecule has 0 bridgehead atoms. The molecule has 0 saturated heterocycles. The van der Waals surface area contributed by atoms with Crippen molar-refractivity contribution in [1.29, 1.82) is 0 Å². The lowest BCUT2D eigenvalue weighted by Gasteiger charge is -1.90. The Morgan fingerprint density at radius 2 is 1.55 bits per heavy atom. The van der Waals surface area contributed by atoms with E-state index in [-0.39, 0.29) is 0 Å². The topological polar surface area (TPSA) is 0 Å². The minimum atomic E-state index is 0.574. The van der Waals surface area contributed by atoms with Crippen molar-refractivity contribution in [1.82, 2.24) is 0 Å². The van der Waals surface area contributed by atoms with E-state index in [1.807, 2.05) is 71.9 Å². The van der Waals surface area contributed by atoms with Gasteiger partial charge in [-0.25, -0.2) is 0 Å². The summed E-state index contributed by atoms with van der Waals surface area (Å²) in [6, 6.07) is 7.77. The number of halogens is 2. The zero-order chi connectivity index (χ0) is 16.6. The molecule has 0 nitrogen and oxygen atoms in total. The highest BCUT2D eigenvalue weighted by Crippen LogP contribution is 2.12. The summed E-state index contributed by atoms with van der Waals surface area (Å²) in [5.41, 5.74) is 2.09. The van der Waals surface area contributed by atoms with Crippen molar-refractivity contribution < 1.29 is 0 Å². The van der Waals surface area contributed by atoms with Crippen LogP contribution in [0.4, 0.5) is 0 Å². The van der Waals surface area contributed by atoms with E-state index in [2.05, 4.69) is 13.2 Å². The van der Waals surface area contributed by atoms with Gasteiger partial charge in [-0.1, -0.05) is 94.4 Å². The molecule has 0 aliphatic rings. The molecule has 0 radical (unpaired) electrons. The van der Waals surface area contributed by atoms with E-state index in [0.29, 0.717) is 5.03 Å². The van der Waals surface area contributed by atoms with Crippen molar-refractivity contribution in [2.24, 2.45) is 0 Å². The molecule has 0 heterocycles. The van der Waals surface area contributed by atoms with Gasteiger partial charge in [-0.15, -0.1) is 0 Å². The molecule has 1 rings (SSSR count). The average molecular weight is 315 g/mol. The van der Waals surface area contributed by atoms with E-state index in [4.69, 9.17) is 23.2 Å². The van der Waals surface area contributed by atoms with Gasteiger partial charge in [-0.2, -0.15) is 0 Å². The predicted molar refractivity (Wildman–Crippen MR) is 97.8 cm³/mol. The molecule has 1 aromatic carbocycles. The van der Waals surface area contributed by atoms with Crippen LogP contribution in [0.25, 0.3) is 0 Å². The molecule has 114 valence electrons. The molecule has 0 atom stereocenters. The summed E-state index contributed by atoms with van der Waals surface area (Å²) in [6.07, 6.45) is 3.50. The van der Waals surface area contributed by atoms with Crippen LogP contribution in [0.15, 0.2) is 60.2 Å². The Hall–Kier alpha value is -0.980. The molecule has 2 heteroatoms. The van der Waals surface area contributed by atoms with Gasteiger partial charge in [0.2, 0.25) is 0 Å². The summed E-state index contributed by atoms with van der Waals surface area (Å²) < 4.78 is 0. The molecular formula is C18H28Cl2. The second kappa shape index (κ2) is 18.0. The first-order valence-electron chi connectivity index (χ1n) is 6.84. The first kappa shape index (κ1) is 24.1. The van der Waals surface area contributed by atoms with Crippen LogP contribution >= 0.6 is 23.2 Å². The highest BCUT2D eigenvalue weighted by atomic mass is 35.5. The Balaban J connectivity index is -0.000000231. The van der Waals surface area contributed by atoms with Crippen molar-refractivity contribution in [2.45, 2.75) is 41.5 Å².